The van der Waals surface area contributed by atoms with Gasteiger partial charge in [-0.3, -0.25) is 4.79 Å². The van der Waals surface area contributed by atoms with Crippen molar-refractivity contribution in [3.8, 4) is 0 Å². The third-order valence-corrected chi connectivity index (χ3v) is 7.37. The van der Waals surface area contributed by atoms with Crippen LogP contribution in [-0.2, 0) is 9.53 Å². The molecule has 1 N–H and O–H groups in total. The minimum Gasteiger partial charge on any atom is -0.459 e. The fourth-order valence-electron chi connectivity index (χ4n) is 6.09. The summed E-state index contributed by atoms with van der Waals surface area (Å²) in [4.78, 5) is 12.9. The molecule has 2 bridgehead atoms. The quantitative estimate of drug-likeness (QED) is 0.635. The first-order valence-electron chi connectivity index (χ1n) is 9.74. The summed E-state index contributed by atoms with van der Waals surface area (Å²) in [6.45, 7) is 2.19. The highest BCUT2D eigenvalue weighted by atomic mass is 16.6. The van der Waals surface area contributed by atoms with Crippen molar-refractivity contribution in [3.63, 3.8) is 0 Å². The van der Waals surface area contributed by atoms with E-state index in [-0.39, 0.29) is 35.4 Å². The van der Waals surface area contributed by atoms with Gasteiger partial charge in [-0.25, -0.2) is 0 Å². The minimum atomic E-state index is -0.362. The topological polar surface area (TPSA) is 46.5 Å². The smallest absolute Gasteiger partial charge is 0.310 e. The second-order valence-corrected chi connectivity index (χ2v) is 8.34. The first-order valence-corrected chi connectivity index (χ1v) is 9.74. The lowest BCUT2D eigenvalue weighted by molar-refractivity contribution is -0.184. The third-order valence-electron chi connectivity index (χ3n) is 7.37. The van der Waals surface area contributed by atoms with E-state index in [4.69, 9.17) is 4.74 Å². The van der Waals surface area contributed by atoms with E-state index in [1.54, 1.807) is 0 Å². The zero-order valence-electron chi connectivity index (χ0n) is 14.2. The third kappa shape index (κ3) is 2.47. The van der Waals surface area contributed by atoms with Gasteiger partial charge in [0.05, 0.1) is 12.0 Å². The van der Waals surface area contributed by atoms with Crippen LogP contribution in [0, 0.1) is 29.6 Å². The maximum absolute atomic E-state index is 12.9. The van der Waals surface area contributed by atoms with Crippen molar-refractivity contribution in [1.29, 1.82) is 0 Å². The molecule has 0 aromatic rings. The van der Waals surface area contributed by atoms with E-state index in [1.165, 1.54) is 38.5 Å². The Morgan fingerprint density at radius 1 is 1.22 bits per heavy atom. The number of ether oxygens (including phenoxy) is 1. The highest BCUT2D eigenvalue weighted by Gasteiger charge is 2.52. The van der Waals surface area contributed by atoms with Crippen molar-refractivity contribution in [2.24, 2.45) is 29.6 Å². The Bertz CT molecular complexity index is 497. The summed E-state index contributed by atoms with van der Waals surface area (Å²) in [5.74, 6) is 1.34. The van der Waals surface area contributed by atoms with Gasteiger partial charge in [0, 0.05) is 17.8 Å². The number of aliphatic hydroxyl groups is 1. The van der Waals surface area contributed by atoms with Gasteiger partial charge in [0.25, 0.3) is 0 Å². The molecule has 4 aliphatic rings. The van der Waals surface area contributed by atoms with Crippen LogP contribution in [0.4, 0.5) is 0 Å². The standard InChI is InChI=1S/C20H30O3/c1-2-20(11-5-7-13-6-3-4-8-17(13)20)23-19(22)16-12-14-9-10-15(16)18(14)21/h9-10,13-18,21H,2-8,11-12H2,1H3. The monoisotopic (exact) mass is 318 g/mol. The Kier molecular flexibility index (Phi) is 4.03. The molecule has 0 radical (unpaired) electrons. The molecule has 0 aromatic carbocycles. The molecule has 0 saturated heterocycles. The van der Waals surface area contributed by atoms with Crippen molar-refractivity contribution in [3.05, 3.63) is 12.2 Å². The molecule has 128 valence electrons. The van der Waals surface area contributed by atoms with Gasteiger partial charge in [-0.15, -0.1) is 0 Å². The van der Waals surface area contributed by atoms with Crippen LogP contribution in [0.15, 0.2) is 12.2 Å². The predicted molar refractivity (Wildman–Crippen MR) is 88.6 cm³/mol. The van der Waals surface area contributed by atoms with Crippen LogP contribution in [0.3, 0.4) is 0 Å². The lowest BCUT2D eigenvalue weighted by Gasteiger charge is -2.49. The largest absolute Gasteiger partial charge is 0.459 e. The van der Waals surface area contributed by atoms with Crippen molar-refractivity contribution in [1.82, 2.24) is 0 Å². The van der Waals surface area contributed by atoms with Crippen LogP contribution in [0.25, 0.3) is 0 Å². The van der Waals surface area contributed by atoms with E-state index >= 15 is 0 Å². The average Bonchev–Trinajstić information content (AvgIpc) is 3.10. The number of hydrogen-bond acceptors (Lipinski definition) is 3. The van der Waals surface area contributed by atoms with Gasteiger partial charge >= 0.3 is 5.97 Å². The normalized spacial score (nSPS) is 48.3. The molecule has 7 unspecified atom stereocenters. The molecule has 3 fully saturated rings. The first kappa shape index (κ1) is 15.7. The van der Waals surface area contributed by atoms with Crippen LogP contribution in [0.2, 0.25) is 0 Å². The molecular formula is C20H30O3. The molecule has 0 spiro atoms. The predicted octanol–water partition coefficient (Wildman–Crippen LogP) is 3.85. The Labute approximate surface area is 139 Å². The summed E-state index contributed by atoms with van der Waals surface area (Å²) in [6, 6.07) is 0. The van der Waals surface area contributed by atoms with Crippen molar-refractivity contribution in [2.45, 2.75) is 76.4 Å². The summed E-state index contributed by atoms with van der Waals surface area (Å²) < 4.78 is 6.30. The molecule has 23 heavy (non-hydrogen) atoms. The molecule has 3 nitrogen and oxygen atoms in total. The SMILES string of the molecule is CCC1(OC(=O)C2CC3C=CC2C3O)CCCC2CCCCC21. The molecule has 0 amide bonds. The molecule has 4 aliphatic carbocycles. The van der Waals surface area contributed by atoms with Crippen molar-refractivity contribution < 1.29 is 14.6 Å². The van der Waals surface area contributed by atoms with Gasteiger partial charge in [0.1, 0.15) is 5.60 Å². The number of rotatable bonds is 3. The van der Waals surface area contributed by atoms with E-state index in [0.717, 1.165) is 25.2 Å². The molecule has 3 saturated carbocycles. The van der Waals surface area contributed by atoms with E-state index in [0.29, 0.717) is 5.92 Å². The van der Waals surface area contributed by atoms with E-state index in [1.807, 2.05) is 6.08 Å². The van der Waals surface area contributed by atoms with Crippen LogP contribution in [-0.4, -0.2) is 22.8 Å². The Morgan fingerprint density at radius 2 is 2.00 bits per heavy atom. The molecule has 0 heterocycles. The van der Waals surface area contributed by atoms with Gasteiger partial charge in [-0.05, 0) is 44.4 Å². The first-order chi connectivity index (χ1) is 11.1. The molecule has 4 rings (SSSR count). The Morgan fingerprint density at radius 3 is 2.70 bits per heavy atom. The van der Waals surface area contributed by atoms with E-state index in [2.05, 4.69) is 13.0 Å². The summed E-state index contributed by atoms with van der Waals surface area (Å²) >= 11 is 0. The highest BCUT2D eigenvalue weighted by Crippen LogP contribution is 2.51. The maximum atomic E-state index is 12.9. The molecular weight excluding hydrogens is 288 g/mol. The van der Waals surface area contributed by atoms with Crippen LogP contribution >= 0.6 is 0 Å². The molecule has 3 heteroatoms. The lowest BCUT2D eigenvalue weighted by Crippen LogP contribution is -2.50. The molecule has 0 aliphatic heterocycles. The molecule has 7 atom stereocenters. The fourth-order valence-corrected chi connectivity index (χ4v) is 6.09. The van der Waals surface area contributed by atoms with Crippen LogP contribution in [0.1, 0.15) is 64.7 Å². The summed E-state index contributed by atoms with van der Waals surface area (Å²) in [7, 11) is 0. The Balaban J connectivity index is 1.51. The van der Waals surface area contributed by atoms with E-state index < -0.39 is 0 Å². The van der Waals surface area contributed by atoms with Gasteiger partial charge < -0.3 is 9.84 Å². The molecule has 0 aromatic heterocycles. The van der Waals surface area contributed by atoms with Crippen LogP contribution in [0.5, 0.6) is 0 Å². The zero-order chi connectivity index (χ0) is 16.0. The number of carbonyl (C=O) groups excluding carboxylic acids is 1. The second kappa shape index (κ2) is 5.91. The highest BCUT2D eigenvalue weighted by molar-refractivity contribution is 5.75. The average molecular weight is 318 g/mol. The maximum Gasteiger partial charge on any atom is 0.310 e. The lowest BCUT2D eigenvalue weighted by atomic mass is 9.62. The Hall–Kier alpha value is -0.830. The number of esters is 1. The summed E-state index contributed by atoms with van der Waals surface area (Å²) in [5.41, 5.74) is -0.225. The number of fused-ring (bicyclic) bond motifs is 3. The van der Waals surface area contributed by atoms with Gasteiger partial charge in [0.15, 0.2) is 0 Å². The zero-order valence-corrected chi connectivity index (χ0v) is 14.2. The van der Waals surface area contributed by atoms with Gasteiger partial charge in [0.2, 0.25) is 0 Å². The summed E-state index contributed by atoms with van der Waals surface area (Å²) in [5, 5.41) is 10.2. The number of carbonyl (C=O) groups is 1. The number of aliphatic hydroxyl groups excluding tert-OH is 1. The van der Waals surface area contributed by atoms with Crippen molar-refractivity contribution in [2.75, 3.05) is 0 Å². The van der Waals surface area contributed by atoms with Crippen LogP contribution < -0.4 is 0 Å². The fraction of sp³-hybridized carbons (Fsp3) is 0.850. The van der Waals surface area contributed by atoms with Gasteiger partial charge in [-0.2, -0.15) is 0 Å². The van der Waals surface area contributed by atoms with Gasteiger partial charge in [-0.1, -0.05) is 38.3 Å². The number of hydrogen-bond donors (Lipinski definition) is 1. The summed E-state index contributed by atoms with van der Waals surface area (Å²) in [6.07, 6.45) is 14.2. The van der Waals surface area contributed by atoms with E-state index in [9.17, 15) is 9.90 Å². The minimum absolute atomic E-state index is 0.00727. The van der Waals surface area contributed by atoms with Crippen molar-refractivity contribution >= 4 is 5.97 Å². The second-order valence-electron chi connectivity index (χ2n) is 8.34.